The number of aliphatic hydroxyl groups is 1. The van der Waals surface area contributed by atoms with Crippen LogP contribution in [0.4, 0.5) is 0 Å². The zero-order valence-electron chi connectivity index (χ0n) is 14.4. The van der Waals surface area contributed by atoms with Crippen LogP contribution in [0.3, 0.4) is 0 Å². The monoisotopic (exact) mass is 419 g/mol. The van der Waals surface area contributed by atoms with Crippen molar-refractivity contribution in [3.63, 3.8) is 0 Å². The third-order valence-corrected chi connectivity index (χ3v) is 4.76. The van der Waals surface area contributed by atoms with Crippen LogP contribution in [0.2, 0.25) is 0 Å². The number of ether oxygens (including phenoxy) is 1. The molecule has 1 N–H and O–H groups in total. The van der Waals surface area contributed by atoms with Gasteiger partial charge in [-0.1, -0.05) is 28.1 Å². The van der Waals surface area contributed by atoms with Gasteiger partial charge in [0.15, 0.2) is 11.5 Å². The molecule has 0 saturated carbocycles. The summed E-state index contributed by atoms with van der Waals surface area (Å²) in [4.78, 5) is 27.0. The highest BCUT2D eigenvalue weighted by molar-refractivity contribution is 9.10. The first-order valence-electron chi connectivity index (χ1n) is 8.03. The second kappa shape index (κ2) is 7.47. The largest absolute Gasteiger partial charge is 0.503 e. The van der Waals surface area contributed by atoms with Crippen LogP contribution in [0.1, 0.15) is 27.9 Å². The summed E-state index contributed by atoms with van der Waals surface area (Å²) in [5.74, 6) is -0.979. The van der Waals surface area contributed by atoms with Gasteiger partial charge >= 0.3 is 0 Å². The molecular formula is C19H18BrNO5. The molecular weight excluding hydrogens is 402 g/mol. The fourth-order valence-electron chi connectivity index (χ4n) is 2.99. The Kier molecular flexibility index (Phi) is 5.29. The summed E-state index contributed by atoms with van der Waals surface area (Å²) in [7, 11) is 1.53. The van der Waals surface area contributed by atoms with Crippen LogP contribution in [-0.2, 0) is 9.53 Å². The second-order valence-electron chi connectivity index (χ2n) is 5.95. The zero-order chi connectivity index (χ0) is 18.8. The number of amides is 1. The van der Waals surface area contributed by atoms with E-state index in [0.717, 1.165) is 4.47 Å². The number of carbonyl (C=O) groups excluding carboxylic acids is 2. The van der Waals surface area contributed by atoms with Crippen molar-refractivity contribution in [1.29, 1.82) is 0 Å². The first kappa shape index (κ1) is 18.4. The maximum absolute atomic E-state index is 13.0. The van der Waals surface area contributed by atoms with Gasteiger partial charge in [0, 0.05) is 18.1 Å². The van der Waals surface area contributed by atoms with Gasteiger partial charge < -0.3 is 19.2 Å². The molecule has 0 fully saturated rings. The van der Waals surface area contributed by atoms with Gasteiger partial charge in [0.1, 0.15) is 5.76 Å². The van der Waals surface area contributed by atoms with Crippen molar-refractivity contribution in [3.8, 4) is 0 Å². The molecule has 0 saturated heterocycles. The summed E-state index contributed by atoms with van der Waals surface area (Å²) < 4.78 is 11.3. The van der Waals surface area contributed by atoms with Crippen molar-refractivity contribution in [2.45, 2.75) is 13.0 Å². The Labute approximate surface area is 159 Å². The molecule has 0 unspecified atom stereocenters. The number of Topliss-reactive ketones (excluding diaryl/α,β-unsaturated/α-hetero) is 1. The Morgan fingerprint density at radius 1 is 1.27 bits per heavy atom. The third-order valence-electron chi connectivity index (χ3n) is 4.23. The van der Waals surface area contributed by atoms with E-state index >= 15 is 0 Å². The van der Waals surface area contributed by atoms with E-state index in [1.807, 2.05) is 12.1 Å². The van der Waals surface area contributed by atoms with Crippen molar-refractivity contribution in [3.05, 3.63) is 69.3 Å². The van der Waals surface area contributed by atoms with E-state index in [4.69, 9.17) is 9.15 Å². The lowest BCUT2D eigenvalue weighted by Gasteiger charge is -2.26. The van der Waals surface area contributed by atoms with Crippen LogP contribution < -0.4 is 0 Å². The Hall–Kier alpha value is -2.38. The summed E-state index contributed by atoms with van der Waals surface area (Å²) in [6.45, 7) is 2.25. The molecule has 1 atom stereocenters. The van der Waals surface area contributed by atoms with E-state index in [1.54, 1.807) is 31.2 Å². The Bertz CT molecular complexity index is 868. The minimum absolute atomic E-state index is 0.0165. The smallest absolute Gasteiger partial charge is 0.290 e. The number of benzene rings is 1. The Morgan fingerprint density at radius 3 is 2.54 bits per heavy atom. The quantitative estimate of drug-likeness (QED) is 0.723. The van der Waals surface area contributed by atoms with Gasteiger partial charge in [-0.05, 0) is 36.8 Å². The van der Waals surface area contributed by atoms with Gasteiger partial charge in [0.25, 0.3) is 5.91 Å². The van der Waals surface area contributed by atoms with Gasteiger partial charge in [-0.15, -0.1) is 0 Å². The molecule has 26 heavy (non-hydrogen) atoms. The van der Waals surface area contributed by atoms with E-state index in [0.29, 0.717) is 11.3 Å². The molecule has 0 bridgehead atoms. The molecule has 2 heterocycles. The summed E-state index contributed by atoms with van der Waals surface area (Å²) in [6, 6.07) is 9.76. The highest BCUT2D eigenvalue weighted by atomic mass is 79.9. The first-order valence-corrected chi connectivity index (χ1v) is 8.83. The number of ketones is 1. The van der Waals surface area contributed by atoms with E-state index < -0.39 is 23.5 Å². The topological polar surface area (TPSA) is 80.0 Å². The maximum atomic E-state index is 13.0. The number of hydrogen-bond donors (Lipinski definition) is 1. The number of aliphatic hydroxyl groups excluding tert-OH is 1. The lowest BCUT2D eigenvalue weighted by molar-refractivity contribution is -0.130. The molecule has 6 nitrogen and oxygen atoms in total. The van der Waals surface area contributed by atoms with Crippen molar-refractivity contribution in [2.24, 2.45) is 0 Å². The molecule has 1 aromatic heterocycles. The SMILES string of the molecule is COCCN1C(=O)C(O)=C(C(=O)c2ccc(C)o2)[C@H]1c1ccc(Br)cc1. The summed E-state index contributed by atoms with van der Waals surface area (Å²) in [6.07, 6.45) is 0. The summed E-state index contributed by atoms with van der Waals surface area (Å²) in [5.41, 5.74) is 0.733. The average molecular weight is 420 g/mol. The molecule has 1 amide bonds. The lowest BCUT2D eigenvalue weighted by atomic mass is 9.95. The molecule has 1 aromatic carbocycles. The maximum Gasteiger partial charge on any atom is 0.290 e. The van der Waals surface area contributed by atoms with Gasteiger partial charge in [0.05, 0.1) is 18.2 Å². The van der Waals surface area contributed by atoms with Crippen LogP contribution in [0.5, 0.6) is 0 Å². The molecule has 1 aliphatic heterocycles. The summed E-state index contributed by atoms with van der Waals surface area (Å²) >= 11 is 3.37. The van der Waals surface area contributed by atoms with Gasteiger partial charge in [-0.3, -0.25) is 9.59 Å². The number of nitrogens with zero attached hydrogens (tertiary/aromatic N) is 1. The first-order chi connectivity index (χ1) is 12.4. The van der Waals surface area contributed by atoms with Crippen LogP contribution in [0.15, 0.2) is 56.6 Å². The standard InChI is InChI=1S/C19H18BrNO5/c1-11-3-8-14(26-11)17(22)15-16(12-4-6-13(20)7-5-12)21(9-10-25-2)19(24)18(15)23/h3-8,16,23H,9-10H2,1-2H3/t16-/m1/s1. The lowest BCUT2D eigenvalue weighted by Crippen LogP contribution is -2.33. The Morgan fingerprint density at radius 2 is 1.96 bits per heavy atom. The highest BCUT2D eigenvalue weighted by Gasteiger charge is 2.44. The Balaban J connectivity index is 2.07. The second-order valence-corrected chi connectivity index (χ2v) is 6.86. The predicted molar refractivity (Wildman–Crippen MR) is 97.9 cm³/mol. The molecule has 3 rings (SSSR count). The normalized spacial score (nSPS) is 17.3. The predicted octanol–water partition coefficient (Wildman–Crippen LogP) is 3.58. The number of halogens is 1. The van der Waals surface area contributed by atoms with Crippen LogP contribution in [-0.4, -0.2) is 42.0 Å². The zero-order valence-corrected chi connectivity index (χ0v) is 15.9. The van der Waals surface area contributed by atoms with Crippen molar-refractivity contribution in [1.82, 2.24) is 4.90 Å². The number of rotatable bonds is 6. The van der Waals surface area contributed by atoms with Gasteiger partial charge in [-0.25, -0.2) is 0 Å². The highest BCUT2D eigenvalue weighted by Crippen LogP contribution is 2.39. The molecule has 1 aliphatic rings. The number of carbonyl (C=O) groups is 2. The van der Waals surface area contributed by atoms with Crippen molar-refractivity contribution >= 4 is 27.6 Å². The molecule has 7 heteroatoms. The number of hydrogen-bond acceptors (Lipinski definition) is 5. The third kappa shape index (κ3) is 3.32. The van der Waals surface area contributed by atoms with E-state index in [-0.39, 0.29) is 24.5 Å². The molecule has 0 spiro atoms. The number of methoxy groups -OCH3 is 1. The molecule has 0 radical (unpaired) electrons. The number of aryl methyl sites for hydroxylation is 1. The van der Waals surface area contributed by atoms with Crippen LogP contribution in [0.25, 0.3) is 0 Å². The molecule has 136 valence electrons. The minimum atomic E-state index is -0.705. The van der Waals surface area contributed by atoms with Crippen molar-refractivity contribution < 1.29 is 23.8 Å². The van der Waals surface area contributed by atoms with E-state index in [2.05, 4.69) is 15.9 Å². The average Bonchev–Trinajstić information content (AvgIpc) is 3.16. The van der Waals surface area contributed by atoms with Crippen LogP contribution in [0, 0.1) is 6.92 Å². The number of furan rings is 1. The molecule has 0 aliphatic carbocycles. The minimum Gasteiger partial charge on any atom is -0.503 e. The van der Waals surface area contributed by atoms with Crippen molar-refractivity contribution in [2.75, 3.05) is 20.3 Å². The van der Waals surface area contributed by atoms with E-state index in [9.17, 15) is 14.7 Å². The summed E-state index contributed by atoms with van der Waals surface area (Å²) in [5, 5.41) is 10.4. The molecule has 2 aromatic rings. The van der Waals surface area contributed by atoms with Gasteiger partial charge in [-0.2, -0.15) is 0 Å². The fourth-order valence-corrected chi connectivity index (χ4v) is 3.25. The van der Waals surface area contributed by atoms with E-state index in [1.165, 1.54) is 12.0 Å². The fraction of sp³-hybridized carbons (Fsp3) is 0.263. The van der Waals surface area contributed by atoms with Gasteiger partial charge in [0.2, 0.25) is 5.78 Å². The van der Waals surface area contributed by atoms with Crippen LogP contribution >= 0.6 is 15.9 Å².